The van der Waals surface area contributed by atoms with E-state index < -0.39 is 7.25 Å². The minimum Gasteiger partial charge on any atom is -0.418 e. The van der Waals surface area contributed by atoms with E-state index in [1.54, 1.807) is 10.6 Å². The molecule has 0 N–H and O–H groups in total. The minimum absolute atomic E-state index is 0. The quantitative estimate of drug-likeness (QED) is 0.137. The van der Waals surface area contributed by atoms with Gasteiger partial charge in [0.2, 0.25) is 0 Å². The zero-order valence-electron chi connectivity index (χ0n) is 20.9. The maximum atomic E-state index is 9.75. The molecule has 195 valence electrons. The molecular formula is C26H40BF4P2Rh-. The van der Waals surface area contributed by atoms with E-state index >= 15 is 0 Å². The van der Waals surface area contributed by atoms with Crippen molar-refractivity contribution in [2.75, 3.05) is 0 Å². The summed E-state index contributed by atoms with van der Waals surface area (Å²) in [5.41, 5.74) is 3.74. The van der Waals surface area contributed by atoms with E-state index in [1.165, 1.54) is 51.4 Å². The molecule has 4 atom stereocenters. The van der Waals surface area contributed by atoms with E-state index in [4.69, 9.17) is 0 Å². The fourth-order valence-corrected chi connectivity index (χ4v) is 12.3. The van der Waals surface area contributed by atoms with Crippen molar-refractivity contribution in [3.8, 4) is 0 Å². The van der Waals surface area contributed by atoms with Gasteiger partial charge in [0, 0.05) is 19.5 Å². The fraction of sp³-hybridized carbons (Fsp3) is 0.615. The number of halogens is 4. The molecule has 1 aromatic rings. The molecule has 1 radical (unpaired) electrons. The van der Waals surface area contributed by atoms with Crippen LogP contribution in [0.4, 0.5) is 17.3 Å². The van der Waals surface area contributed by atoms with Crippen molar-refractivity contribution in [1.82, 2.24) is 0 Å². The first-order valence-corrected chi connectivity index (χ1v) is 15.4. The topological polar surface area (TPSA) is 0 Å². The summed E-state index contributed by atoms with van der Waals surface area (Å²) >= 11 is 0. The Morgan fingerprint density at radius 3 is 1.06 bits per heavy atom. The summed E-state index contributed by atoms with van der Waals surface area (Å²) in [4.78, 5) is 0. The molecule has 0 amide bonds. The number of hydrogen-bond donors (Lipinski definition) is 0. The maximum absolute atomic E-state index is 9.75. The van der Waals surface area contributed by atoms with E-state index in [2.05, 4.69) is 76.3 Å². The summed E-state index contributed by atoms with van der Waals surface area (Å²) in [7, 11) is -5.84. The number of rotatable bonds is 2. The van der Waals surface area contributed by atoms with E-state index in [-0.39, 0.29) is 35.3 Å². The van der Waals surface area contributed by atoms with Gasteiger partial charge in [-0.05, 0) is 84.6 Å². The van der Waals surface area contributed by atoms with Crippen molar-refractivity contribution in [3.05, 3.63) is 48.6 Å². The standard InChI is InChI=1S/C18H28P2.C8H12.BF4.Rh/c1-13-9-10-14(2)19(13)17-7-5-6-8-18(17)20-15(3)11-12-16(20)4;1-2-4-6-8-7-5-3-1;2-1(3,4)5;/h5-8,13-16H,9-12H2,1-4H3;1-2,7-8H,3-6H2;;/q;;-1;/t13-,14-,15-,16-;;;/m0.../s1. The molecule has 0 aromatic heterocycles. The Morgan fingerprint density at radius 1 is 0.588 bits per heavy atom. The molecule has 8 heteroatoms. The van der Waals surface area contributed by atoms with Crippen LogP contribution in [-0.2, 0) is 19.5 Å². The molecule has 3 aliphatic rings. The summed E-state index contributed by atoms with van der Waals surface area (Å²) in [6.45, 7) is 10.0. The largest absolute Gasteiger partial charge is 0.673 e. The zero-order chi connectivity index (χ0) is 24.4. The Balaban J connectivity index is 0.000000343. The molecule has 2 saturated heterocycles. The van der Waals surface area contributed by atoms with Gasteiger partial charge in [-0.25, -0.2) is 0 Å². The van der Waals surface area contributed by atoms with Crippen LogP contribution in [0, 0.1) is 0 Å². The van der Waals surface area contributed by atoms with Crippen LogP contribution in [0.1, 0.15) is 79.1 Å². The Morgan fingerprint density at radius 2 is 0.824 bits per heavy atom. The van der Waals surface area contributed by atoms with Gasteiger partial charge in [-0.3, -0.25) is 0 Å². The molecule has 34 heavy (non-hydrogen) atoms. The third-order valence-electron chi connectivity index (χ3n) is 6.68. The molecule has 0 nitrogen and oxygen atoms in total. The SMILES string of the molecule is C1=CCCC=CCC1.C[C@H]1CC[C@H](C)P1c1ccccc1P1[C@@H](C)CC[C@@H]1C.F[B-](F)(F)F.[Rh]. The van der Waals surface area contributed by atoms with Gasteiger partial charge >= 0.3 is 7.25 Å². The molecule has 2 heterocycles. The monoisotopic (exact) mass is 604 g/mol. The average molecular weight is 604 g/mol. The summed E-state index contributed by atoms with van der Waals surface area (Å²) in [5, 5.41) is 3.57. The molecule has 0 spiro atoms. The van der Waals surface area contributed by atoms with E-state index in [0.717, 1.165) is 22.6 Å². The summed E-state index contributed by atoms with van der Waals surface area (Å²) < 4.78 is 39.0. The average Bonchev–Trinajstić information content (AvgIpc) is 3.21. The van der Waals surface area contributed by atoms with Crippen molar-refractivity contribution in [1.29, 1.82) is 0 Å². The van der Waals surface area contributed by atoms with Crippen molar-refractivity contribution in [3.63, 3.8) is 0 Å². The minimum atomic E-state index is -6.00. The predicted octanol–water partition coefficient (Wildman–Crippen LogP) is 9.01. The second-order valence-corrected chi connectivity index (χ2v) is 15.6. The first-order chi connectivity index (χ1) is 15.6. The first kappa shape index (κ1) is 32.0. The Labute approximate surface area is 220 Å². The molecule has 0 unspecified atom stereocenters. The van der Waals surface area contributed by atoms with Crippen molar-refractivity contribution in [2.24, 2.45) is 0 Å². The Hall–Kier alpha value is -0.0317. The van der Waals surface area contributed by atoms with Crippen molar-refractivity contribution >= 4 is 33.7 Å². The molecule has 0 saturated carbocycles. The molecule has 2 fully saturated rings. The third kappa shape index (κ3) is 10.9. The van der Waals surface area contributed by atoms with Crippen LogP contribution < -0.4 is 10.6 Å². The van der Waals surface area contributed by atoms with Gasteiger partial charge in [0.1, 0.15) is 0 Å². The zero-order valence-corrected chi connectivity index (χ0v) is 24.3. The molecular weight excluding hydrogens is 564 g/mol. The van der Waals surface area contributed by atoms with E-state index in [0.29, 0.717) is 0 Å². The van der Waals surface area contributed by atoms with Gasteiger partial charge in [0.15, 0.2) is 0 Å². The molecule has 1 aliphatic carbocycles. The van der Waals surface area contributed by atoms with Gasteiger partial charge in [-0.1, -0.05) is 92.1 Å². The van der Waals surface area contributed by atoms with Gasteiger partial charge in [0.05, 0.1) is 0 Å². The van der Waals surface area contributed by atoms with E-state index in [1.807, 2.05) is 0 Å². The van der Waals surface area contributed by atoms with Crippen LogP contribution in [0.25, 0.3) is 0 Å². The van der Waals surface area contributed by atoms with Crippen molar-refractivity contribution in [2.45, 2.75) is 102 Å². The first-order valence-electron chi connectivity index (χ1n) is 12.4. The number of benzene rings is 1. The van der Waals surface area contributed by atoms with Crippen LogP contribution in [0.2, 0.25) is 0 Å². The Bertz CT molecular complexity index is 676. The fourth-order valence-electron chi connectivity index (χ4n) is 5.10. The van der Waals surface area contributed by atoms with Crippen LogP contribution in [0.3, 0.4) is 0 Å². The van der Waals surface area contributed by atoms with Crippen LogP contribution in [0.5, 0.6) is 0 Å². The smallest absolute Gasteiger partial charge is 0.418 e. The van der Waals surface area contributed by atoms with Gasteiger partial charge in [-0.2, -0.15) is 0 Å². The normalized spacial score (nSPS) is 27.5. The van der Waals surface area contributed by atoms with Gasteiger partial charge < -0.3 is 17.3 Å². The summed E-state index contributed by atoms with van der Waals surface area (Å²) in [6.07, 6.45) is 19.8. The van der Waals surface area contributed by atoms with Crippen LogP contribution >= 0.6 is 15.8 Å². The number of hydrogen-bond acceptors (Lipinski definition) is 0. The van der Waals surface area contributed by atoms with Gasteiger partial charge in [0.25, 0.3) is 0 Å². The summed E-state index contributed by atoms with van der Waals surface area (Å²) in [5.74, 6) is 0. The maximum Gasteiger partial charge on any atom is 0.673 e. The Kier molecular flexibility index (Phi) is 15.0. The summed E-state index contributed by atoms with van der Waals surface area (Å²) in [6, 6.07) is 9.55. The number of allylic oxidation sites excluding steroid dienone is 4. The predicted molar refractivity (Wildman–Crippen MR) is 143 cm³/mol. The molecule has 0 bridgehead atoms. The van der Waals surface area contributed by atoms with Crippen LogP contribution in [0.15, 0.2) is 48.6 Å². The molecule has 2 aliphatic heterocycles. The third-order valence-corrected chi connectivity index (χ3v) is 13.6. The van der Waals surface area contributed by atoms with E-state index in [9.17, 15) is 17.3 Å². The second kappa shape index (κ2) is 15.9. The van der Waals surface area contributed by atoms with Crippen molar-refractivity contribution < 1.29 is 36.7 Å². The molecule has 4 rings (SSSR count). The molecule has 1 aromatic carbocycles. The van der Waals surface area contributed by atoms with Gasteiger partial charge in [-0.15, -0.1) is 0 Å². The van der Waals surface area contributed by atoms with Crippen LogP contribution in [-0.4, -0.2) is 29.9 Å². The second-order valence-electron chi connectivity index (χ2n) is 9.45.